The molecule has 0 amide bonds. The first-order valence-corrected chi connectivity index (χ1v) is 12.1. The zero-order valence-electron chi connectivity index (χ0n) is 20.4. The van der Waals surface area contributed by atoms with Gasteiger partial charge in [0.25, 0.3) is 5.56 Å². The highest BCUT2D eigenvalue weighted by atomic mass is 16.2. The van der Waals surface area contributed by atoms with Crippen LogP contribution in [-0.2, 0) is 20.5 Å². The average Bonchev–Trinajstić information content (AvgIpc) is 3.26. The number of rotatable bonds is 5. The molecular weight excluding hydrogens is 430 g/mol. The molecule has 4 heterocycles. The number of likely N-dealkylation sites (tertiary alicyclic amines) is 1. The third kappa shape index (κ3) is 3.87. The number of aryl methyl sites for hydroxylation is 1. The lowest BCUT2D eigenvalue weighted by molar-refractivity contribution is 0.187. The minimum atomic E-state index is -0.372. The van der Waals surface area contributed by atoms with Crippen LogP contribution in [0.3, 0.4) is 0 Å². The molecule has 0 radical (unpaired) electrons. The van der Waals surface area contributed by atoms with Gasteiger partial charge in [0.1, 0.15) is 0 Å². The van der Waals surface area contributed by atoms with Gasteiger partial charge in [-0.2, -0.15) is 10.1 Å². The van der Waals surface area contributed by atoms with Crippen LogP contribution in [0.1, 0.15) is 38.3 Å². The summed E-state index contributed by atoms with van der Waals surface area (Å²) in [5.74, 6) is 1.36. The van der Waals surface area contributed by atoms with Crippen LogP contribution in [0.2, 0.25) is 0 Å². The number of hydrogen-bond acceptors (Lipinski definition) is 6. The first-order valence-electron chi connectivity index (χ1n) is 12.1. The van der Waals surface area contributed by atoms with Crippen molar-refractivity contribution in [2.24, 2.45) is 25.1 Å². The molecule has 1 atom stereocenters. The lowest BCUT2D eigenvalue weighted by atomic mass is 9.90. The summed E-state index contributed by atoms with van der Waals surface area (Å²) in [5.41, 5.74) is 2.51. The second-order valence-corrected chi connectivity index (χ2v) is 9.68. The normalized spacial score (nSPS) is 19.5. The molecule has 2 aliphatic heterocycles. The second-order valence-electron chi connectivity index (χ2n) is 9.68. The molecule has 180 valence electrons. The van der Waals surface area contributed by atoms with Crippen LogP contribution in [0.15, 0.2) is 45.0 Å². The molecule has 9 heteroatoms. The molecule has 2 aliphatic rings. The fourth-order valence-corrected chi connectivity index (χ4v) is 5.21. The number of aromatic nitrogens is 4. The number of imidazole rings is 1. The van der Waals surface area contributed by atoms with Gasteiger partial charge in [0.05, 0.1) is 18.3 Å². The van der Waals surface area contributed by atoms with Crippen molar-refractivity contribution in [3.8, 4) is 0 Å². The van der Waals surface area contributed by atoms with Gasteiger partial charge < -0.3 is 4.90 Å². The molecule has 0 unspecified atom stereocenters. The van der Waals surface area contributed by atoms with Crippen molar-refractivity contribution in [1.29, 1.82) is 0 Å². The fraction of sp³-hybridized carbons (Fsp3) is 0.520. The van der Waals surface area contributed by atoms with E-state index in [0.29, 0.717) is 23.7 Å². The predicted molar refractivity (Wildman–Crippen MR) is 135 cm³/mol. The van der Waals surface area contributed by atoms with E-state index >= 15 is 0 Å². The summed E-state index contributed by atoms with van der Waals surface area (Å²) in [6.45, 7) is 7.72. The smallest absolute Gasteiger partial charge is 0.301 e. The van der Waals surface area contributed by atoms with E-state index in [2.05, 4.69) is 35.2 Å². The Morgan fingerprint density at radius 2 is 1.71 bits per heavy atom. The van der Waals surface area contributed by atoms with Gasteiger partial charge in [-0.05, 0) is 57.7 Å². The molecule has 0 aliphatic carbocycles. The predicted octanol–water partition coefficient (Wildman–Crippen LogP) is 2.15. The average molecular weight is 464 g/mol. The molecule has 2 aromatic heterocycles. The Kier molecular flexibility index (Phi) is 5.89. The van der Waals surface area contributed by atoms with Crippen LogP contribution in [0.5, 0.6) is 0 Å². The first-order chi connectivity index (χ1) is 16.3. The summed E-state index contributed by atoms with van der Waals surface area (Å²) >= 11 is 0. The molecule has 3 aromatic rings. The van der Waals surface area contributed by atoms with E-state index in [-0.39, 0.29) is 17.3 Å². The maximum atomic E-state index is 13.0. The Bertz CT molecular complexity index is 1340. The van der Waals surface area contributed by atoms with Gasteiger partial charge in [-0.3, -0.25) is 18.5 Å². The summed E-state index contributed by atoms with van der Waals surface area (Å²) in [5, 5.41) is 6.70. The summed E-state index contributed by atoms with van der Waals surface area (Å²) in [7, 11) is 3.17. The van der Waals surface area contributed by atoms with Gasteiger partial charge in [-0.25, -0.2) is 9.80 Å². The Morgan fingerprint density at radius 3 is 2.41 bits per heavy atom. The number of benzene rings is 1. The van der Waals surface area contributed by atoms with Gasteiger partial charge >= 0.3 is 5.69 Å². The Morgan fingerprint density at radius 1 is 1.00 bits per heavy atom. The molecule has 5 rings (SSSR count). The quantitative estimate of drug-likeness (QED) is 0.579. The van der Waals surface area contributed by atoms with Crippen molar-refractivity contribution >= 4 is 22.8 Å². The number of hydrazone groups is 1. The largest absolute Gasteiger partial charge is 0.332 e. The third-order valence-corrected chi connectivity index (χ3v) is 7.48. The van der Waals surface area contributed by atoms with E-state index in [1.54, 1.807) is 7.05 Å². The molecular formula is C25H33N7O2. The number of piperidine rings is 1. The SMILES string of the molecule is CC1=NN(CCN2CCC(Cc3ccccc3)CC2)c2nc3c(c(=O)n(C)c(=O)n3C)n2[C@H]1C. The number of nitrogens with zero attached hydrogens (tertiary/aromatic N) is 7. The lowest BCUT2D eigenvalue weighted by Crippen LogP contribution is -2.41. The summed E-state index contributed by atoms with van der Waals surface area (Å²) in [4.78, 5) is 32.6. The van der Waals surface area contributed by atoms with Crippen molar-refractivity contribution in [1.82, 2.24) is 23.6 Å². The minimum Gasteiger partial charge on any atom is -0.301 e. The molecule has 1 aromatic carbocycles. The minimum absolute atomic E-state index is 0.102. The molecule has 0 bridgehead atoms. The molecule has 1 fully saturated rings. The monoisotopic (exact) mass is 463 g/mol. The zero-order chi connectivity index (χ0) is 24.0. The molecule has 0 N–H and O–H groups in total. The van der Waals surface area contributed by atoms with E-state index in [9.17, 15) is 9.59 Å². The van der Waals surface area contributed by atoms with Gasteiger partial charge in [-0.1, -0.05) is 30.3 Å². The highest BCUT2D eigenvalue weighted by Crippen LogP contribution is 2.30. The third-order valence-electron chi connectivity index (χ3n) is 7.48. The van der Waals surface area contributed by atoms with Crippen LogP contribution in [0.25, 0.3) is 11.2 Å². The molecule has 0 saturated carbocycles. The van der Waals surface area contributed by atoms with Gasteiger partial charge in [0.15, 0.2) is 11.2 Å². The van der Waals surface area contributed by atoms with Gasteiger partial charge in [-0.15, -0.1) is 0 Å². The number of anilines is 1. The second kappa shape index (κ2) is 8.87. The van der Waals surface area contributed by atoms with Gasteiger partial charge in [0.2, 0.25) is 5.95 Å². The van der Waals surface area contributed by atoms with Crippen LogP contribution >= 0.6 is 0 Å². The summed E-state index contributed by atoms with van der Waals surface area (Å²) < 4.78 is 4.53. The van der Waals surface area contributed by atoms with Crippen molar-refractivity contribution in [3.05, 3.63) is 56.7 Å². The van der Waals surface area contributed by atoms with Crippen LogP contribution in [0, 0.1) is 5.92 Å². The van der Waals surface area contributed by atoms with E-state index in [1.807, 2.05) is 23.4 Å². The molecule has 0 spiro atoms. The standard InChI is InChI=1S/C25H33N7O2/c1-17-18(2)32-21-22(28(3)25(34)29(4)23(21)33)26-24(32)31(27-17)15-14-30-12-10-20(11-13-30)16-19-8-6-5-7-9-19/h5-9,18,20H,10-16H2,1-4H3/t18-/m0/s1. The fourth-order valence-electron chi connectivity index (χ4n) is 5.21. The van der Waals surface area contributed by atoms with Crippen molar-refractivity contribution in [2.45, 2.75) is 39.2 Å². The van der Waals surface area contributed by atoms with Crippen LogP contribution in [0.4, 0.5) is 5.95 Å². The summed E-state index contributed by atoms with van der Waals surface area (Å²) in [6, 6.07) is 10.7. The first kappa shape index (κ1) is 22.6. The van der Waals surface area contributed by atoms with Crippen LogP contribution < -0.4 is 16.3 Å². The van der Waals surface area contributed by atoms with E-state index in [4.69, 9.17) is 10.1 Å². The molecule has 1 saturated heterocycles. The number of fused-ring (bicyclic) bond motifs is 3. The highest BCUT2D eigenvalue weighted by molar-refractivity contribution is 5.91. The van der Waals surface area contributed by atoms with E-state index in [1.165, 1.54) is 30.0 Å². The van der Waals surface area contributed by atoms with E-state index < -0.39 is 0 Å². The zero-order valence-corrected chi connectivity index (χ0v) is 20.4. The maximum Gasteiger partial charge on any atom is 0.332 e. The maximum absolute atomic E-state index is 13.0. The number of hydrogen-bond donors (Lipinski definition) is 0. The van der Waals surface area contributed by atoms with Crippen LogP contribution in [-0.4, -0.2) is 55.5 Å². The topological polar surface area (TPSA) is 80.7 Å². The Hall–Kier alpha value is -3.20. The molecule has 34 heavy (non-hydrogen) atoms. The van der Waals surface area contributed by atoms with Gasteiger partial charge in [0, 0.05) is 20.6 Å². The Balaban J connectivity index is 1.32. The highest BCUT2D eigenvalue weighted by Gasteiger charge is 2.30. The molecule has 9 nitrogen and oxygen atoms in total. The Labute approximate surface area is 198 Å². The van der Waals surface area contributed by atoms with Crippen molar-refractivity contribution < 1.29 is 0 Å². The van der Waals surface area contributed by atoms with Crippen molar-refractivity contribution in [3.63, 3.8) is 0 Å². The lowest BCUT2D eigenvalue weighted by Gasteiger charge is -2.34. The van der Waals surface area contributed by atoms with Crippen molar-refractivity contribution in [2.75, 3.05) is 31.2 Å². The van der Waals surface area contributed by atoms with E-state index in [0.717, 1.165) is 42.3 Å². The summed E-state index contributed by atoms with van der Waals surface area (Å²) in [6.07, 6.45) is 3.55.